The summed E-state index contributed by atoms with van der Waals surface area (Å²) in [5.74, 6) is 0.232. The molecule has 0 unspecified atom stereocenters. The van der Waals surface area contributed by atoms with Crippen LogP contribution in [0.5, 0.6) is 0 Å². The summed E-state index contributed by atoms with van der Waals surface area (Å²) in [6.45, 7) is -0.872. The summed E-state index contributed by atoms with van der Waals surface area (Å²) in [4.78, 5) is 0.832. The van der Waals surface area contributed by atoms with Crippen molar-refractivity contribution in [1.82, 2.24) is 4.72 Å². The highest BCUT2D eigenvalue weighted by Gasteiger charge is 2.16. The van der Waals surface area contributed by atoms with E-state index < -0.39 is 29.3 Å². The first kappa shape index (κ1) is 16.3. The lowest BCUT2D eigenvalue weighted by Gasteiger charge is -2.13. The molecule has 0 spiro atoms. The second-order valence-electron chi connectivity index (χ2n) is 3.89. The minimum Gasteiger partial charge on any atom is -0.398 e. The molecule has 1 aromatic carbocycles. The second kappa shape index (κ2) is 7.71. The molecule has 0 amide bonds. The fourth-order valence-corrected chi connectivity index (χ4v) is 3.93. The van der Waals surface area contributed by atoms with E-state index in [1.807, 2.05) is 18.2 Å². The minimum absolute atomic E-state index is 0.109. The van der Waals surface area contributed by atoms with Gasteiger partial charge in [0.1, 0.15) is 0 Å². The van der Waals surface area contributed by atoms with Crippen LogP contribution in [0, 0.1) is 0 Å². The first-order valence-electron chi connectivity index (χ1n) is 5.67. The van der Waals surface area contributed by atoms with Gasteiger partial charge < -0.3 is 15.9 Å². The predicted molar refractivity (Wildman–Crippen MR) is 76.5 cm³/mol. The highest BCUT2D eigenvalue weighted by atomic mass is 32.2. The zero-order valence-corrected chi connectivity index (χ0v) is 12.0. The normalized spacial score (nSPS) is 11.9. The second-order valence-corrected chi connectivity index (χ2v) is 6.90. The number of rotatable bonds is 8. The van der Waals surface area contributed by atoms with E-state index >= 15 is 0 Å². The molecular formula is C11H18N2O4S2. The number of hydrogen-bond donors (Lipinski definition) is 4. The fourth-order valence-electron chi connectivity index (χ4n) is 1.32. The Kier molecular flexibility index (Phi) is 6.59. The maximum atomic E-state index is 11.7. The minimum atomic E-state index is -3.52. The zero-order chi connectivity index (χ0) is 14.3. The van der Waals surface area contributed by atoms with Crippen molar-refractivity contribution >= 4 is 27.5 Å². The molecule has 5 N–H and O–H groups in total. The van der Waals surface area contributed by atoms with Crippen molar-refractivity contribution in [3.63, 3.8) is 0 Å². The van der Waals surface area contributed by atoms with Crippen LogP contribution >= 0.6 is 11.8 Å². The van der Waals surface area contributed by atoms with Crippen LogP contribution in [0.4, 0.5) is 5.69 Å². The summed E-state index contributed by atoms with van der Waals surface area (Å²) >= 11 is 1.35. The summed E-state index contributed by atoms with van der Waals surface area (Å²) in [6, 6.07) is 6.37. The first-order valence-corrected chi connectivity index (χ1v) is 8.31. The number of hydrogen-bond acceptors (Lipinski definition) is 6. The first-order chi connectivity index (χ1) is 8.98. The van der Waals surface area contributed by atoms with Crippen LogP contribution in [0.3, 0.4) is 0 Å². The molecule has 19 heavy (non-hydrogen) atoms. The lowest BCUT2D eigenvalue weighted by Crippen LogP contribution is -2.41. The molecule has 0 atom stereocenters. The third-order valence-corrected chi connectivity index (χ3v) is 5.10. The highest BCUT2D eigenvalue weighted by Crippen LogP contribution is 2.24. The van der Waals surface area contributed by atoms with Gasteiger partial charge in [-0.05, 0) is 12.1 Å². The molecule has 0 bridgehead atoms. The lowest BCUT2D eigenvalue weighted by atomic mass is 10.3. The van der Waals surface area contributed by atoms with Crippen LogP contribution < -0.4 is 10.5 Å². The Balaban J connectivity index is 2.46. The van der Waals surface area contributed by atoms with Gasteiger partial charge in [0, 0.05) is 16.3 Å². The van der Waals surface area contributed by atoms with Crippen molar-refractivity contribution in [2.45, 2.75) is 10.9 Å². The topological polar surface area (TPSA) is 113 Å². The Hall–Kier alpha value is -0.800. The van der Waals surface area contributed by atoms with E-state index in [1.54, 1.807) is 6.07 Å². The Morgan fingerprint density at radius 1 is 1.26 bits per heavy atom. The summed E-state index contributed by atoms with van der Waals surface area (Å²) in [5.41, 5.74) is 6.35. The van der Waals surface area contributed by atoms with Gasteiger partial charge in [-0.1, -0.05) is 12.1 Å². The number of anilines is 1. The number of aliphatic hydroxyl groups is 2. The Labute approximate surface area is 117 Å². The van der Waals surface area contributed by atoms with E-state index in [2.05, 4.69) is 4.72 Å². The standard InChI is InChI=1S/C11H18N2O4S2/c12-10-3-1-2-4-11(10)18-5-6-19(16,17)13-9(7-14)8-15/h1-4,9,13-15H,5-8,12H2. The molecule has 1 aromatic rings. The Morgan fingerprint density at radius 2 is 1.89 bits per heavy atom. The molecule has 0 aromatic heterocycles. The van der Waals surface area contributed by atoms with Gasteiger partial charge in [-0.2, -0.15) is 0 Å². The number of nitrogens with one attached hydrogen (secondary N) is 1. The summed E-state index contributed by atoms with van der Waals surface area (Å²) in [5, 5.41) is 17.6. The summed E-state index contributed by atoms with van der Waals surface area (Å²) in [7, 11) is -3.52. The number of para-hydroxylation sites is 1. The molecule has 1 rings (SSSR count). The molecule has 0 aliphatic rings. The average Bonchev–Trinajstić information content (AvgIpc) is 2.38. The largest absolute Gasteiger partial charge is 0.398 e. The number of aliphatic hydroxyl groups excluding tert-OH is 2. The van der Waals surface area contributed by atoms with Crippen molar-refractivity contribution in [3.8, 4) is 0 Å². The van der Waals surface area contributed by atoms with Gasteiger partial charge in [0.05, 0.1) is 25.0 Å². The molecule has 8 heteroatoms. The quantitative estimate of drug-likeness (QED) is 0.385. The van der Waals surface area contributed by atoms with Crippen LogP contribution in [-0.4, -0.2) is 49.4 Å². The van der Waals surface area contributed by atoms with Crippen molar-refractivity contribution in [2.75, 3.05) is 30.5 Å². The van der Waals surface area contributed by atoms with E-state index in [0.717, 1.165) is 4.90 Å². The third kappa shape index (κ3) is 5.79. The molecule has 6 nitrogen and oxygen atoms in total. The SMILES string of the molecule is Nc1ccccc1SCCS(=O)(=O)NC(CO)CO. The van der Waals surface area contributed by atoms with Crippen molar-refractivity contribution in [2.24, 2.45) is 0 Å². The van der Waals surface area contributed by atoms with Crippen LogP contribution in [0.25, 0.3) is 0 Å². The fraction of sp³-hybridized carbons (Fsp3) is 0.455. The van der Waals surface area contributed by atoms with E-state index in [0.29, 0.717) is 11.4 Å². The summed E-state index contributed by atoms with van der Waals surface area (Å²) < 4.78 is 25.5. The lowest BCUT2D eigenvalue weighted by molar-refractivity contribution is 0.185. The average molecular weight is 306 g/mol. The monoisotopic (exact) mass is 306 g/mol. The number of sulfonamides is 1. The molecule has 0 fully saturated rings. The molecule has 0 heterocycles. The molecular weight excluding hydrogens is 288 g/mol. The molecule has 108 valence electrons. The Bertz CT molecular complexity index is 489. The van der Waals surface area contributed by atoms with Gasteiger partial charge in [-0.15, -0.1) is 11.8 Å². The van der Waals surface area contributed by atoms with Gasteiger partial charge in [0.15, 0.2) is 0 Å². The van der Waals surface area contributed by atoms with Gasteiger partial charge >= 0.3 is 0 Å². The van der Waals surface area contributed by atoms with E-state index in [1.165, 1.54) is 11.8 Å². The summed E-state index contributed by atoms with van der Waals surface area (Å²) in [6.07, 6.45) is 0. The van der Waals surface area contributed by atoms with Gasteiger partial charge in [-0.25, -0.2) is 13.1 Å². The van der Waals surface area contributed by atoms with Crippen molar-refractivity contribution in [1.29, 1.82) is 0 Å². The number of nitrogens with two attached hydrogens (primary N) is 1. The van der Waals surface area contributed by atoms with Crippen molar-refractivity contribution < 1.29 is 18.6 Å². The van der Waals surface area contributed by atoms with Crippen molar-refractivity contribution in [3.05, 3.63) is 24.3 Å². The maximum absolute atomic E-state index is 11.7. The van der Waals surface area contributed by atoms with Gasteiger partial charge in [0.2, 0.25) is 10.0 Å². The third-order valence-electron chi connectivity index (χ3n) is 2.32. The van der Waals surface area contributed by atoms with Crippen LogP contribution in [0.15, 0.2) is 29.2 Å². The van der Waals surface area contributed by atoms with Gasteiger partial charge in [0.25, 0.3) is 0 Å². The number of nitrogen functional groups attached to an aromatic ring is 1. The van der Waals surface area contributed by atoms with Crippen LogP contribution in [0.2, 0.25) is 0 Å². The van der Waals surface area contributed by atoms with E-state index in [9.17, 15) is 8.42 Å². The van der Waals surface area contributed by atoms with Crippen LogP contribution in [-0.2, 0) is 10.0 Å². The molecule has 0 saturated carbocycles. The number of benzene rings is 1. The molecule has 0 radical (unpaired) electrons. The predicted octanol–water partition coefficient (Wildman–Crippen LogP) is -0.366. The highest BCUT2D eigenvalue weighted by molar-refractivity contribution is 8.00. The van der Waals surface area contributed by atoms with E-state index in [4.69, 9.17) is 15.9 Å². The molecule has 0 aliphatic heterocycles. The van der Waals surface area contributed by atoms with E-state index in [-0.39, 0.29) is 5.75 Å². The Morgan fingerprint density at radius 3 is 2.47 bits per heavy atom. The number of thioether (sulfide) groups is 1. The molecule has 0 saturated heterocycles. The maximum Gasteiger partial charge on any atom is 0.212 e. The smallest absolute Gasteiger partial charge is 0.212 e. The van der Waals surface area contributed by atoms with Gasteiger partial charge in [-0.3, -0.25) is 0 Å². The van der Waals surface area contributed by atoms with Crippen LogP contribution in [0.1, 0.15) is 0 Å². The molecule has 0 aliphatic carbocycles. The zero-order valence-electron chi connectivity index (χ0n) is 10.3.